The molecule has 0 heterocycles. The summed E-state index contributed by atoms with van der Waals surface area (Å²) in [4.78, 5) is 1.39. The van der Waals surface area contributed by atoms with Gasteiger partial charge in [0.2, 0.25) is 0 Å². The van der Waals surface area contributed by atoms with Gasteiger partial charge in [-0.3, -0.25) is 0 Å². The molecule has 0 spiro atoms. The molecular weight excluding hydrogens is 226 g/mol. The van der Waals surface area contributed by atoms with Crippen molar-refractivity contribution in [2.24, 2.45) is 5.73 Å². The molecule has 1 nitrogen and oxygen atoms in total. The van der Waals surface area contributed by atoms with Crippen LogP contribution in [-0.4, -0.2) is 11.3 Å². The second-order valence-electron chi connectivity index (χ2n) is 4.79. The zero-order chi connectivity index (χ0) is 12.8. The van der Waals surface area contributed by atoms with E-state index in [0.29, 0.717) is 11.3 Å². The van der Waals surface area contributed by atoms with E-state index in [0.717, 1.165) is 12.8 Å². The normalized spacial score (nSPS) is 14.6. The van der Waals surface area contributed by atoms with Crippen LogP contribution in [0.3, 0.4) is 0 Å². The smallest absolute Gasteiger partial charge is 0.0243 e. The molecule has 0 amide bonds. The van der Waals surface area contributed by atoms with Gasteiger partial charge in [-0.15, -0.1) is 11.8 Å². The van der Waals surface area contributed by atoms with Crippen molar-refractivity contribution in [1.29, 1.82) is 0 Å². The number of hydrogen-bond acceptors (Lipinski definition) is 2. The first-order valence-corrected chi connectivity index (χ1v) is 7.45. The zero-order valence-corrected chi connectivity index (χ0v) is 12.3. The molecule has 2 atom stereocenters. The van der Waals surface area contributed by atoms with Crippen LogP contribution in [0.2, 0.25) is 0 Å². The molecule has 0 saturated carbocycles. The first kappa shape index (κ1) is 14.6. The molecule has 1 rings (SSSR count). The summed E-state index contributed by atoms with van der Waals surface area (Å²) in [7, 11) is 0. The minimum atomic E-state index is 0.315. The van der Waals surface area contributed by atoms with E-state index in [1.807, 2.05) is 11.8 Å². The fourth-order valence-corrected chi connectivity index (χ4v) is 3.30. The Morgan fingerprint density at radius 3 is 2.53 bits per heavy atom. The van der Waals surface area contributed by atoms with Gasteiger partial charge in [0.25, 0.3) is 0 Å². The minimum absolute atomic E-state index is 0.315. The Hall–Kier alpha value is -0.470. The van der Waals surface area contributed by atoms with Gasteiger partial charge in [-0.25, -0.2) is 0 Å². The molecule has 2 heteroatoms. The Kier molecular flexibility index (Phi) is 6.07. The van der Waals surface area contributed by atoms with Crippen LogP contribution in [-0.2, 0) is 0 Å². The van der Waals surface area contributed by atoms with Crippen LogP contribution in [0.5, 0.6) is 0 Å². The lowest BCUT2D eigenvalue weighted by Gasteiger charge is -2.22. The summed E-state index contributed by atoms with van der Waals surface area (Å²) in [5.41, 5.74) is 8.95. The summed E-state index contributed by atoms with van der Waals surface area (Å²) in [6.45, 7) is 8.77. The molecule has 0 fully saturated rings. The van der Waals surface area contributed by atoms with E-state index in [1.165, 1.54) is 22.4 Å². The summed E-state index contributed by atoms with van der Waals surface area (Å²) >= 11 is 1.95. The van der Waals surface area contributed by atoms with Gasteiger partial charge < -0.3 is 5.73 Å². The van der Waals surface area contributed by atoms with E-state index in [2.05, 4.69) is 45.9 Å². The molecule has 0 saturated heterocycles. The van der Waals surface area contributed by atoms with E-state index < -0.39 is 0 Å². The molecule has 2 unspecified atom stereocenters. The average molecular weight is 251 g/mol. The van der Waals surface area contributed by atoms with Crippen LogP contribution >= 0.6 is 11.8 Å². The van der Waals surface area contributed by atoms with E-state index in [9.17, 15) is 0 Å². The Balaban J connectivity index is 2.76. The topological polar surface area (TPSA) is 26.0 Å². The standard InChI is InChI=1S/C15H25NS/c1-5-7-13(16)14(6-2)17-15-10-11(3)8-9-12(15)4/h8-10,13-14H,5-7,16H2,1-4H3. The Bertz CT molecular complexity index is 349. The SMILES string of the molecule is CCCC(N)C(CC)Sc1cc(C)ccc1C. The molecule has 0 aliphatic rings. The molecule has 0 aliphatic heterocycles. The fraction of sp³-hybridized carbons (Fsp3) is 0.600. The first-order chi connectivity index (χ1) is 8.08. The van der Waals surface area contributed by atoms with Gasteiger partial charge >= 0.3 is 0 Å². The predicted molar refractivity (Wildman–Crippen MR) is 78.7 cm³/mol. The molecular formula is C15H25NS. The average Bonchev–Trinajstić information content (AvgIpc) is 2.30. The molecule has 0 aromatic heterocycles. The number of rotatable bonds is 6. The van der Waals surface area contributed by atoms with Crippen LogP contribution in [0.25, 0.3) is 0 Å². The molecule has 96 valence electrons. The summed E-state index contributed by atoms with van der Waals surface area (Å²) < 4.78 is 0. The Morgan fingerprint density at radius 1 is 1.24 bits per heavy atom. The molecule has 0 radical (unpaired) electrons. The second-order valence-corrected chi connectivity index (χ2v) is 6.07. The summed E-state index contributed by atoms with van der Waals surface area (Å²) in [5.74, 6) is 0. The number of thioether (sulfide) groups is 1. The maximum Gasteiger partial charge on any atom is 0.0243 e. The molecule has 1 aromatic carbocycles. The van der Waals surface area contributed by atoms with E-state index in [-0.39, 0.29) is 0 Å². The van der Waals surface area contributed by atoms with Gasteiger partial charge in [0.1, 0.15) is 0 Å². The number of nitrogens with two attached hydrogens (primary N) is 1. The lowest BCUT2D eigenvalue weighted by atomic mass is 10.1. The fourth-order valence-electron chi connectivity index (χ4n) is 1.99. The monoisotopic (exact) mass is 251 g/mol. The van der Waals surface area contributed by atoms with Gasteiger partial charge in [0.05, 0.1) is 0 Å². The van der Waals surface area contributed by atoms with Gasteiger partial charge in [0, 0.05) is 16.2 Å². The van der Waals surface area contributed by atoms with Crippen molar-refractivity contribution in [2.45, 2.75) is 63.1 Å². The van der Waals surface area contributed by atoms with E-state index in [1.54, 1.807) is 0 Å². The van der Waals surface area contributed by atoms with Crippen molar-refractivity contribution in [2.75, 3.05) is 0 Å². The highest BCUT2D eigenvalue weighted by Crippen LogP contribution is 2.31. The number of benzene rings is 1. The molecule has 2 N–H and O–H groups in total. The lowest BCUT2D eigenvalue weighted by Crippen LogP contribution is -2.31. The van der Waals surface area contributed by atoms with Crippen molar-refractivity contribution >= 4 is 11.8 Å². The van der Waals surface area contributed by atoms with Crippen molar-refractivity contribution in [3.8, 4) is 0 Å². The van der Waals surface area contributed by atoms with Crippen molar-refractivity contribution in [3.63, 3.8) is 0 Å². The maximum atomic E-state index is 6.25. The van der Waals surface area contributed by atoms with E-state index >= 15 is 0 Å². The number of hydrogen-bond donors (Lipinski definition) is 1. The molecule has 1 aromatic rings. The summed E-state index contributed by atoms with van der Waals surface area (Å²) in [6, 6.07) is 6.97. The van der Waals surface area contributed by atoms with Crippen molar-refractivity contribution in [1.82, 2.24) is 0 Å². The molecule has 0 bridgehead atoms. The zero-order valence-electron chi connectivity index (χ0n) is 11.5. The minimum Gasteiger partial charge on any atom is -0.327 e. The van der Waals surface area contributed by atoms with Crippen LogP contribution in [0.4, 0.5) is 0 Å². The highest BCUT2D eigenvalue weighted by Gasteiger charge is 2.17. The number of aryl methyl sites for hydroxylation is 2. The Morgan fingerprint density at radius 2 is 1.94 bits per heavy atom. The molecule has 17 heavy (non-hydrogen) atoms. The van der Waals surface area contributed by atoms with Crippen molar-refractivity contribution < 1.29 is 0 Å². The second kappa shape index (κ2) is 7.07. The quantitative estimate of drug-likeness (QED) is 0.763. The summed E-state index contributed by atoms with van der Waals surface area (Å²) in [5, 5.41) is 0.537. The van der Waals surface area contributed by atoms with Crippen LogP contribution < -0.4 is 5.73 Å². The first-order valence-electron chi connectivity index (χ1n) is 6.58. The van der Waals surface area contributed by atoms with Gasteiger partial charge in [0.15, 0.2) is 0 Å². The van der Waals surface area contributed by atoms with Gasteiger partial charge in [-0.2, -0.15) is 0 Å². The van der Waals surface area contributed by atoms with Crippen LogP contribution in [0, 0.1) is 13.8 Å². The highest BCUT2D eigenvalue weighted by atomic mass is 32.2. The van der Waals surface area contributed by atoms with Gasteiger partial charge in [-0.05, 0) is 38.3 Å². The van der Waals surface area contributed by atoms with E-state index in [4.69, 9.17) is 5.73 Å². The highest BCUT2D eigenvalue weighted by molar-refractivity contribution is 8.00. The molecule has 0 aliphatic carbocycles. The van der Waals surface area contributed by atoms with Gasteiger partial charge in [-0.1, -0.05) is 38.0 Å². The third kappa shape index (κ3) is 4.36. The van der Waals surface area contributed by atoms with Crippen LogP contribution in [0.15, 0.2) is 23.1 Å². The Labute approximate surface area is 110 Å². The predicted octanol–water partition coefficient (Wildman–Crippen LogP) is 4.30. The third-order valence-corrected chi connectivity index (χ3v) is 4.80. The summed E-state index contributed by atoms with van der Waals surface area (Å²) in [6.07, 6.45) is 3.43. The van der Waals surface area contributed by atoms with Crippen LogP contribution in [0.1, 0.15) is 44.2 Å². The lowest BCUT2D eigenvalue weighted by molar-refractivity contribution is 0.566. The van der Waals surface area contributed by atoms with Crippen molar-refractivity contribution in [3.05, 3.63) is 29.3 Å². The third-order valence-electron chi connectivity index (χ3n) is 3.12. The largest absolute Gasteiger partial charge is 0.327 e. The maximum absolute atomic E-state index is 6.25.